The van der Waals surface area contributed by atoms with Crippen LogP contribution in [0.25, 0.3) is 0 Å². The summed E-state index contributed by atoms with van der Waals surface area (Å²) in [5.41, 5.74) is -0.151. The Bertz CT molecular complexity index is 547. The molecule has 0 unspecified atom stereocenters. The summed E-state index contributed by atoms with van der Waals surface area (Å²) in [5.74, 6) is 1.52. The molecular weight excluding hydrogens is 294 g/mol. The quantitative estimate of drug-likeness (QED) is 0.907. The van der Waals surface area contributed by atoms with Gasteiger partial charge in [0.05, 0.1) is 18.8 Å². The topological polar surface area (TPSA) is 72.3 Å². The number of nitrogens with one attached hydrogen (secondary N) is 1. The van der Waals surface area contributed by atoms with E-state index in [-0.39, 0.29) is 11.6 Å². The van der Waals surface area contributed by atoms with Gasteiger partial charge >= 0.3 is 6.03 Å². The Balaban J connectivity index is 1.61. The van der Waals surface area contributed by atoms with Gasteiger partial charge in [-0.25, -0.2) is 14.5 Å². The second-order valence-corrected chi connectivity index (χ2v) is 7.59. The first-order valence-electron chi connectivity index (χ1n) is 8.49. The van der Waals surface area contributed by atoms with Gasteiger partial charge in [-0.3, -0.25) is 5.32 Å². The van der Waals surface area contributed by atoms with Crippen LogP contribution in [0.4, 0.5) is 10.7 Å². The summed E-state index contributed by atoms with van der Waals surface area (Å²) in [4.78, 5) is 18.5. The van der Waals surface area contributed by atoms with Crippen molar-refractivity contribution >= 4 is 12.0 Å². The Morgan fingerprint density at radius 3 is 2.74 bits per heavy atom. The van der Waals surface area contributed by atoms with E-state index in [9.17, 15) is 4.79 Å². The number of aromatic nitrogens is 3. The van der Waals surface area contributed by atoms with Crippen molar-refractivity contribution in [2.24, 2.45) is 11.8 Å². The van der Waals surface area contributed by atoms with E-state index in [1.165, 1.54) is 19.3 Å². The van der Waals surface area contributed by atoms with Gasteiger partial charge < -0.3 is 9.64 Å². The largest absolute Gasteiger partial charge is 0.379 e. The standard InChI is InChI=1S/C16H27N5O2/c1-16(2,3)21-11-17-14(19-21)18-15(22)20-7-8-23-10-13(9-20)12-5-4-6-12/h11-13H,4-10H2,1-3H3,(H,18,19,22)/t13-/m1/s1. The van der Waals surface area contributed by atoms with Crippen molar-refractivity contribution in [3.05, 3.63) is 6.33 Å². The lowest BCUT2D eigenvalue weighted by molar-refractivity contribution is 0.0776. The molecule has 1 saturated heterocycles. The highest BCUT2D eigenvalue weighted by atomic mass is 16.5. The molecule has 2 amide bonds. The molecule has 0 spiro atoms. The number of hydrogen-bond acceptors (Lipinski definition) is 4. The number of amides is 2. The molecule has 0 bridgehead atoms. The number of carbonyl (C=O) groups is 1. The first-order chi connectivity index (χ1) is 10.9. The van der Waals surface area contributed by atoms with Crippen LogP contribution in [0.3, 0.4) is 0 Å². The van der Waals surface area contributed by atoms with E-state index in [4.69, 9.17) is 4.74 Å². The Labute approximate surface area is 137 Å². The van der Waals surface area contributed by atoms with Gasteiger partial charge in [0, 0.05) is 19.0 Å². The first-order valence-corrected chi connectivity index (χ1v) is 8.49. The molecule has 23 heavy (non-hydrogen) atoms. The molecule has 2 heterocycles. The zero-order valence-corrected chi connectivity index (χ0v) is 14.3. The van der Waals surface area contributed by atoms with Gasteiger partial charge in [0.25, 0.3) is 0 Å². The summed E-state index contributed by atoms with van der Waals surface area (Å²) in [5, 5.41) is 7.15. The number of anilines is 1. The molecule has 0 aromatic carbocycles. The SMILES string of the molecule is CC(C)(C)n1cnc(NC(=O)N2CCOC[C@H](C3CCC3)C2)n1. The van der Waals surface area contributed by atoms with Crippen molar-refractivity contribution in [3.63, 3.8) is 0 Å². The predicted molar refractivity (Wildman–Crippen MR) is 87.3 cm³/mol. The number of carbonyl (C=O) groups excluding carboxylic acids is 1. The van der Waals surface area contributed by atoms with E-state index < -0.39 is 0 Å². The number of rotatable bonds is 2. The lowest BCUT2D eigenvalue weighted by atomic mass is 9.76. The molecule has 2 fully saturated rings. The maximum Gasteiger partial charge on any atom is 0.324 e. The molecule has 1 aliphatic heterocycles. The lowest BCUT2D eigenvalue weighted by Crippen LogP contribution is -2.41. The van der Waals surface area contributed by atoms with Crippen LogP contribution >= 0.6 is 0 Å². The maximum absolute atomic E-state index is 12.5. The highest BCUT2D eigenvalue weighted by Crippen LogP contribution is 2.34. The molecule has 7 nitrogen and oxygen atoms in total. The van der Waals surface area contributed by atoms with Crippen LogP contribution < -0.4 is 5.32 Å². The molecule has 1 saturated carbocycles. The Kier molecular flexibility index (Phi) is 4.57. The van der Waals surface area contributed by atoms with Crippen LogP contribution in [0.5, 0.6) is 0 Å². The molecule has 1 N–H and O–H groups in total. The number of nitrogens with zero attached hydrogens (tertiary/aromatic N) is 4. The molecule has 1 aliphatic carbocycles. The summed E-state index contributed by atoms with van der Waals surface area (Å²) in [7, 11) is 0. The van der Waals surface area contributed by atoms with E-state index in [0.29, 0.717) is 30.9 Å². The highest BCUT2D eigenvalue weighted by molar-refractivity contribution is 5.87. The molecule has 1 aromatic rings. The summed E-state index contributed by atoms with van der Waals surface area (Å²) in [6.45, 7) is 8.88. The Hall–Kier alpha value is -1.63. The van der Waals surface area contributed by atoms with Crippen LogP contribution in [0.2, 0.25) is 0 Å². The van der Waals surface area contributed by atoms with Crippen LogP contribution in [-0.2, 0) is 10.3 Å². The lowest BCUT2D eigenvalue weighted by Gasteiger charge is -2.34. The predicted octanol–water partition coefficient (Wildman–Crippen LogP) is 2.31. The van der Waals surface area contributed by atoms with Crippen molar-refractivity contribution in [1.82, 2.24) is 19.7 Å². The van der Waals surface area contributed by atoms with Crippen molar-refractivity contribution in [3.8, 4) is 0 Å². The minimum absolute atomic E-state index is 0.133. The van der Waals surface area contributed by atoms with Gasteiger partial charge in [-0.1, -0.05) is 19.3 Å². The Morgan fingerprint density at radius 1 is 1.35 bits per heavy atom. The number of ether oxygens (including phenoxy) is 1. The molecule has 0 radical (unpaired) electrons. The van der Waals surface area contributed by atoms with Gasteiger partial charge in [0.15, 0.2) is 0 Å². The van der Waals surface area contributed by atoms with Gasteiger partial charge in [0.1, 0.15) is 6.33 Å². The fourth-order valence-electron chi connectivity index (χ4n) is 3.04. The first kappa shape index (κ1) is 16.2. The third-order valence-electron chi connectivity index (χ3n) is 4.79. The fourth-order valence-corrected chi connectivity index (χ4v) is 3.04. The minimum atomic E-state index is -0.151. The van der Waals surface area contributed by atoms with Crippen molar-refractivity contribution < 1.29 is 9.53 Å². The number of urea groups is 1. The fraction of sp³-hybridized carbons (Fsp3) is 0.812. The van der Waals surface area contributed by atoms with Crippen molar-refractivity contribution in [2.45, 2.75) is 45.6 Å². The zero-order valence-electron chi connectivity index (χ0n) is 14.3. The van der Waals surface area contributed by atoms with E-state index in [1.54, 1.807) is 11.0 Å². The van der Waals surface area contributed by atoms with Crippen LogP contribution in [-0.4, -0.2) is 52.0 Å². The van der Waals surface area contributed by atoms with E-state index in [2.05, 4.69) is 15.4 Å². The average molecular weight is 321 g/mol. The van der Waals surface area contributed by atoms with Crippen molar-refractivity contribution in [1.29, 1.82) is 0 Å². The molecule has 1 atom stereocenters. The maximum atomic E-state index is 12.5. The summed E-state index contributed by atoms with van der Waals surface area (Å²) < 4.78 is 7.44. The molecule has 1 aromatic heterocycles. The number of hydrogen-bond donors (Lipinski definition) is 1. The van der Waals surface area contributed by atoms with Gasteiger partial charge in [-0.15, -0.1) is 5.10 Å². The summed E-state index contributed by atoms with van der Waals surface area (Å²) in [6.07, 6.45) is 5.49. The van der Waals surface area contributed by atoms with Gasteiger partial charge in [0.2, 0.25) is 5.95 Å². The molecular formula is C16H27N5O2. The highest BCUT2D eigenvalue weighted by Gasteiger charge is 2.32. The van der Waals surface area contributed by atoms with Gasteiger partial charge in [-0.05, 0) is 26.7 Å². The third kappa shape index (κ3) is 3.83. The second-order valence-electron chi connectivity index (χ2n) is 7.59. The molecule has 3 rings (SSSR count). The molecule has 128 valence electrons. The smallest absolute Gasteiger partial charge is 0.324 e. The summed E-state index contributed by atoms with van der Waals surface area (Å²) in [6, 6.07) is -0.133. The van der Waals surface area contributed by atoms with Crippen LogP contribution in [0.15, 0.2) is 6.33 Å². The minimum Gasteiger partial charge on any atom is -0.379 e. The van der Waals surface area contributed by atoms with E-state index >= 15 is 0 Å². The molecule has 2 aliphatic rings. The Morgan fingerprint density at radius 2 is 2.13 bits per heavy atom. The summed E-state index contributed by atoms with van der Waals surface area (Å²) >= 11 is 0. The average Bonchev–Trinajstić information content (AvgIpc) is 2.75. The van der Waals surface area contributed by atoms with Crippen LogP contribution in [0.1, 0.15) is 40.0 Å². The normalized spacial score (nSPS) is 23.3. The van der Waals surface area contributed by atoms with Crippen LogP contribution in [0, 0.1) is 11.8 Å². The van der Waals surface area contributed by atoms with E-state index in [0.717, 1.165) is 13.2 Å². The van der Waals surface area contributed by atoms with Crippen molar-refractivity contribution in [2.75, 3.05) is 31.6 Å². The van der Waals surface area contributed by atoms with E-state index in [1.807, 2.05) is 25.7 Å². The zero-order chi connectivity index (χ0) is 16.4. The second kappa shape index (κ2) is 6.47. The third-order valence-corrected chi connectivity index (χ3v) is 4.79. The monoisotopic (exact) mass is 321 g/mol. The van der Waals surface area contributed by atoms with Gasteiger partial charge in [-0.2, -0.15) is 0 Å². The molecule has 7 heteroatoms.